The number of halogens is 1. The van der Waals surface area contributed by atoms with E-state index in [0.717, 1.165) is 12.8 Å². The summed E-state index contributed by atoms with van der Waals surface area (Å²) < 4.78 is 6.57. The fourth-order valence-corrected chi connectivity index (χ4v) is 5.20. The van der Waals surface area contributed by atoms with Gasteiger partial charge in [-0.1, -0.05) is 37.5 Å². The molecule has 1 aliphatic carbocycles. The number of hydrogen-bond acceptors (Lipinski definition) is 5. The van der Waals surface area contributed by atoms with Gasteiger partial charge in [-0.2, -0.15) is 5.10 Å². The Morgan fingerprint density at radius 2 is 2.03 bits per heavy atom. The first-order chi connectivity index (χ1) is 14.7. The SMILES string of the molecule is CCn1nc(-c2ccon2)c(C(=O)NC2CCC3(CC2)CN(CCC(C)(C)C)C3)c1Cl. The molecule has 4 rings (SSSR count). The minimum Gasteiger partial charge on any atom is -0.364 e. The van der Waals surface area contributed by atoms with E-state index in [2.05, 4.69) is 41.2 Å². The van der Waals surface area contributed by atoms with Crippen LogP contribution in [0.15, 0.2) is 16.9 Å². The van der Waals surface area contributed by atoms with E-state index < -0.39 is 0 Å². The first-order valence-electron chi connectivity index (χ1n) is 11.4. The highest BCUT2D eigenvalue weighted by Gasteiger charge is 2.45. The van der Waals surface area contributed by atoms with Crippen molar-refractivity contribution >= 4 is 17.5 Å². The van der Waals surface area contributed by atoms with Crippen LogP contribution in [0.1, 0.15) is 70.2 Å². The first-order valence-corrected chi connectivity index (χ1v) is 11.8. The van der Waals surface area contributed by atoms with Crippen LogP contribution in [-0.4, -0.2) is 51.4 Å². The van der Waals surface area contributed by atoms with Gasteiger partial charge in [-0.15, -0.1) is 0 Å². The Morgan fingerprint density at radius 3 is 2.61 bits per heavy atom. The van der Waals surface area contributed by atoms with E-state index in [9.17, 15) is 4.79 Å². The molecular formula is C23H34ClN5O2. The first kappa shape index (κ1) is 22.3. The molecule has 0 bridgehead atoms. The summed E-state index contributed by atoms with van der Waals surface area (Å²) in [6, 6.07) is 1.87. The topological polar surface area (TPSA) is 76.2 Å². The van der Waals surface area contributed by atoms with E-state index in [4.69, 9.17) is 16.1 Å². The van der Waals surface area contributed by atoms with E-state index in [1.165, 1.54) is 45.2 Å². The number of carbonyl (C=O) groups is 1. The van der Waals surface area contributed by atoms with Gasteiger partial charge in [0.05, 0.1) is 0 Å². The van der Waals surface area contributed by atoms with Crippen molar-refractivity contribution in [1.29, 1.82) is 0 Å². The van der Waals surface area contributed by atoms with Crippen molar-refractivity contribution in [1.82, 2.24) is 25.2 Å². The normalized spacial score (nSPS) is 19.5. The molecule has 3 heterocycles. The van der Waals surface area contributed by atoms with E-state index >= 15 is 0 Å². The number of aryl methyl sites for hydroxylation is 1. The molecule has 2 aromatic rings. The summed E-state index contributed by atoms with van der Waals surface area (Å²) in [7, 11) is 0. The van der Waals surface area contributed by atoms with Gasteiger partial charge in [0.15, 0.2) is 0 Å². The minimum absolute atomic E-state index is 0.174. The van der Waals surface area contributed by atoms with Gasteiger partial charge in [-0.25, -0.2) is 0 Å². The predicted octanol–water partition coefficient (Wildman–Crippen LogP) is 4.62. The molecule has 2 aromatic heterocycles. The van der Waals surface area contributed by atoms with Crippen LogP contribution in [0.25, 0.3) is 11.4 Å². The Morgan fingerprint density at radius 1 is 1.32 bits per heavy atom. The molecule has 1 saturated carbocycles. The maximum atomic E-state index is 13.1. The van der Waals surface area contributed by atoms with Crippen molar-refractivity contribution in [3.8, 4) is 11.4 Å². The lowest BCUT2D eigenvalue weighted by atomic mass is 9.67. The molecule has 0 unspecified atom stereocenters. The highest BCUT2D eigenvalue weighted by Crippen LogP contribution is 2.44. The summed E-state index contributed by atoms with van der Waals surface area (Å²) >= 11 is 6.49. The number of amides is 1. The van der Waals surface area contributed by atoms with Crippen LogP contribution in [0.2, 0.25) is 5.15 Å². The number of nitrogens with one attached hydrogen (secondary N) is 1. The van der Waals surface area contributed by atoms with Crippen molar-refractivity contribution in [3.05, 3.63) is 23.0 Å². The molecule has 0 radical (unpaired) electrons. The second-order valence-corrected chi connectivity index (χ2v) is 10.8. The van der Waals surface area contributed by atoms with Crippen molar-refractivity contribution in [3.63, 3.8) is 0 Å². The van der Waals surface area contributed by atoms with Gasteiger partial charge < -0.3 is 14.7 Å². The number of nitrogens with zero attached hydrogens (tertiary/aromatic N) is 4. The second kappa shape index (κ2) is 8.58. The summed E-state index contributed by atoms with van der Waals surface area (Å²) in [6.45, 7) is 13.0. The molecule has 8 heteroatoms. The van der Waals surface area contributed by atoms with Crippen LogP contribution in [0.4, 0.5) is 0 Å². The van der Waals surface area contributed by atoms with Crippen LogP contribution in [0.3, 0.4) is 0 Å². The zero-order valence-corrected chi connectivity index (χ0v) is 19.8. The van der Waals surface area contributed by atoms with Crippen LogP contribution in [0.5, 0.6) is 0 Å². The second-order valence-electron chi connectivity index (χ2n) is 10.5. The monoisotopic (exact) mass is 447 g/mol. The lowest BCUT2D eigenvalue weighted by Crippen LogP contribution is -2.59. The van der Waals surface area contributed by atoms with Crippen LogP contribution in [-0.2, 0) is 6.54 Å². The molecule has 1 N–H and O–H groups in total. The molecule has 1 amide bonds. The number of carbonyl (C=O) groups excluding carboxylic acids is 1. The molecule has 0 aromatic carbocycles. The molecule has 31 heavy (non-hydrogen) atoms. The maximum Gasteiger partial charge on any atom is 0.256 e. The Kier molecular flexibility index (Phi) is 6.19. The van der Waals surface area contributed by atoms with E-state index in [1.54, 1.807) is 10.7 Å². The fourth-order valence-electron chi connectivity index (χ4n) is 4.87. The average Bonchev–Trinajstić information content (AvgIpc) is 3.32. The van der Waals surface area contributed by atoms with Crippen LogP contribution >= 0.6 is 11.6 Å². The van der Waals surface area contributed by atoms with Crippen molar-refractivity contribution in [2.24, 2.45) is 10.8 Å². The van der Waals surface area contributed by atoms with Gasteiger partial charge in [-0.3, -0.25) is 9.48 Å². The van der Waals surface area contributed by atoms with E-state index in [-0.39, 0.29) is 11.9 Å². The lowest BCUT2D eigenvalue weighted by Gasteiger charge is -2.54. The standard InChI is InChI=1S/C23H34ClN5O2/c1-5-29-20(24)18(19(26-29)17-8-13-31-27-17)21(30)25-16-6-9-23(10-7-16)14-28(15-23)12-11-22(2,3)4/h8,13,16H,5-7,9-12,14-15H2,1-4H3,(H,25,30). The third kappa shape index (κ3) is 4.82. The molecular weight excluding hydrogens is 414 g/mol. The highest BCUT2D eigenvalue weighted by atomic mass is 35.5. The quantitative estimate of drug-likeness (QED) is 0.699. The lowest BCUT2D eigenvalue weighted by molar-refractivity contribution is -0.0372. The molecule has 1 spiro atoms. The van der Waals surface area contributed by atoms with E-state index in [0.29, 0.717) is 39.5 Å². The summed E-state index contributed by atoms with van der Waals surface area (Å²) in [5.74, 6) is -0.177. The molecule has 0 atom stereocenters. The van der Waals surface area contributed by atoms with Gasteiger partial charge in [0, 0.05) is 31.7 Å². The third-order valence-electron chi connectivity index (χ3n) is 6.78. The van der Waals surface area contributed by atoms with Crippen molar-refractivity contribution in [2.75, 3.05) is 19.6 Å². The number of rotatable bonds is 6. The minimum atomic E-state index is -0.177. The highest BCUT2D eigenvalue weighted by molar-refractivity contribution is 6.33. The van der Waals surface area contributed by atoms with Crippen LogP contribution < -0.4 is 5.32 Å². The number of hydrogen-bond donors (Lipinski definition) is 1. The average molecular weight is 448 g/mol. The molecule has 2 aliphatic rings. The van der Waals surface area contributed by atoms with Crippen molar-refractivity contribution in [2.45, 2.75) is 72.4 Å². The maximum absolute atomic E-state index is 13.1. The molecule has 2 fully saturated rings. The van der Waals surface area contributed by atoms with E-state index in [1.807, 2.05) is 6.92 Å². The largest absolute Gasteiger partial charge is 0.364 e. The smallest absolute Gasteiger partial charge is 0.256 e. The third-order valence-corrected chi connectivity index (χ3v) is 7.16. The zero-order valence-electron chi connectivity index (χ0n) is 19.1. The Bertz CT molecular complexity index is 899. The van der Waals surface area contributed by atoms with Crippen molar-refractivity contribution < 1.29 is 9.32 Å². The van der Waals surface area contributed by atoms with Gasteiger partial charge in [0.25, 0.3) is 5.91 Å². The molecule has 1 saturated heterocycles. The molecule has 1 aliphatic heterocycles. The fraction of sp³-hybridized carbons (Fsp3) is 0.696. The number of likely N-dealkylation sites (tertiary alicyclic amines) is 1. The predicted molar refractivity (Wildman–Crippen MR) is 121 cm³/mol. The van der Waals surface area contributed by atoms with Gasteiger partial charge in [0.1, 0.15) is 28.4 Å². The Labute approximate surface area is 189 Å². The zero-order chi connectivity index (χ0) is 22.2. The Hall–Kier alpha value is -1.86. The van der Waals surface area contributed by atoms with Crippen LogP contribution in [0, 0.1) is 10.8 Å². The van der Waals surface area contributed by atoms with Gasteiger partial charge in [-0.05, 0) is 56.4 Å². The molecule has 170 valence electrons. The molecule has 7 nitrogen and oxygen atoms in total. The Balaban J connectivity index is 1.34. The summed E-state index contributed by atoms with van der Waals surface area (Å²) in [6.07, 6.45) is 7.07. The van der Waals surface area contributed by atoms with Gasteiger partial charge >= 0.3 is 0 Å². The van der Waals surface area contributed by atoms with Gasteiger partial charge in [0.2, 0.25) is 0 Å². The summed E-state index contributed by atoms with van der Waals surface area (Å²) in [5, 5.41) is 12.0. The summed E-state index contributed by atoms with van der Waals surface area (Å²) in [4.78, 5) is 15.7. The number of aromatic nitrogens is 3. The summed E-state index contributed by atoms with van der Waals surface area (Å²) in [5.41, 5.74) is 2.22.